The van der Waals surface area contributed by atoms with Gasteiger partial charge in [-0.15, -0.1) is 12.6 Å². The van der Waals surface area contributed by atoms with E-state index in [-0.39, 0.29) is 35.5 Å². The first-order valence-electron chi connectivity index (χ1n) is 3.53. The topological polar surface area (TPSA) is 26.3 Å². The second kappa shape index (κ2) is 5.70. The van der Waals surface area contributed by atoms with Gasteiger partial charge in [0.1, 0.15) is 0 Å². The zero-order valence-corrected chi connectivity index (χ0v) is 7.89. The Bertz CT molecular complexity index is 312. The molecule has 0 aromatic heterocycles. The molecule has 2 nitrogen and oxygen atoms in total. The number of hydrogen-bond donors (Lipinski definition) is 1. The monoisotopic (exact) mass is 206 g/mol. The molecule has 1 rings (SSSR count). The normalized spacial score (nSPS) is 8.85. The molecule has 0 aliphatic heterocycles. The number of ether oxygens (including phenoxy) is 1. The summed E-state index contributed by atoms with van der Waals surface area (Å²) in [6.45, 7) is 1.84. The number of esters is 1. The quantitative estimate of drug-likeness (QED) is 0.427. The maximum absolute atomic E-state index is 11.1. The molecule has 0 radical (unpaired) electrons. The van der Waals surface area contributed by atoms with Gasteiger partial charge in [-0.1, -0.05) is 6.07 Å². The van der Waals surface area contributed by atoms with Gasteiger partial charge in [-0.2, -0.15) is 0 Å². The summed E-state index contributed by atoms with van der Waals surface area (Å²) in [4.78, 5) is 11.9. The van der Waals surface area contributed by atoms with E-state index in [1.54, 1.807) is 12.1 Å². The standard InChI is InChI=1S/C9H10O2S.Na.H/c1-6-7(9(10)11-2)4-3-5-8(6)12;;/h3-5,12H,1-2H3;;. The van der Waals surface area contributed by atoms with Crippen LogP contribution in [0.2, 0.25) is 0 Å². The number of methoxy groups -OCH3 is 1. The van der Waals surface area contributed by atoms with E-state index in [4.69, 9.17) is 0 Å². The Morgan fingerprint density at radius 3 is 2.62 bits per heavy atom. The molecule has 4 heteroatoms. The molecule has 0 N–H and O–H groups in total. The minimum absolute atomic E-state index is 0. The van der Waals surface area contributed by atoms with E-state index in [2.05, 4.69) is 17.4 Å². The first-order chi connectivity index (χ1) is 5.66. The fourth-order valence-corrected chi connectivity index (χ4v) is 1.16. The van der Waals surface area contributed by atoms with Gasteiger partial charge in [-0.3, -0.25) is 0 Å². The van der Waals surface area contributed by atoms with Crippen LogP contribution in [-0.4, -0.2) is 42.6 Å². The van der Waals surface area contributed by atoms with Gasteiger partial charge in [0, 0.05) is 4.90 Å². The number of hydrogen-bond acceptors (Lipinski definition) is 3. The fraction of sp³-hybridized carbons (Fsp3) is 0.222. The molecule has 0 unspecified atom stereocenters. The van der Waals surface area contributed by atoms with Crippen molar-refractivity contribution in [1.82, 2.24) is 0 Å². The number of carbonyl (C=O) groups is 1. The third-order valence-electron chi connectivity index (χ3n) is 1.71. The molecule has 0 aliphatic carbocycles. The van der Waals surface area contributed by atoms with Crippen LogP contribution >= 0.6 is 12.6 Å². The van der Waals surface area contributed by atoms with Crippen LogP contribution in [0.15, 0.2) is 23.1 Å². The van der Waals surface area contributed by atoms with Crippen molar-refractivity contribution >= 4 is 48.2 Å². The van der Waals surface area contributed by atoms with Crippen molar-refractivity contribution in [2.24, 2.45) is 0 Å². The van der Waals surface area contributed by atoms with Gasteiger partial charge < -0.3 is 4.74 Å². The molecule has 66 valence electrons. The molecule has 1 aromatic carbocycles. The zero-order chi connectivity index (χ0) is 9.14. The molecular weight excluding hydrogens is 195 g/mol. The zero-order valence-electron chi connectivity index (χ0n) is 7.00. The Kier molecular flexibility index (Phi) is 5.72. The second-order valence-corrected chi connectivity index (χ2v) is 2.92. The van der Waals surface area contributed by atoms with E-state index in [9.17, 15) is 4.79 Å². The van der Waals surface area contributed by atoms with Crippen LogP contribution in [0.5, 0.6) is 0 Å². The Hall–Kier alpha value is 0.0400. The van der Waals surface area contributed by atoms with Gasteiger partial charge in [-0.25, -0.2) is 4.79 Å². The van der Waals surface area contributed by atoms with Gasteiger partial charge in [-0.05, 0) is 24.6 Å². The van der Waals surface area contributed by atoms with Crippen molar-refractivity contribution in [2.45, 2.75) is 11.8 Å². The van der Waals surface area contributed by atoms with E-state index in [0.29, 0.717) is 5.56 Å². The van der Waals surface area contributed by atoms with Crippen LogP contribution in [0.1, 0.15) is 15.9 Å². The molecule has 13 heavy (non-hydrogen) atoms. The molecule has 0 amide bonds. The number of carbonyl (C=O) groups excluding carboxylic acids is 1. The van der Waals surface area contributed by atoms with Crippen LogP contribution in [-0.2, 0) is 4.74 Å². The summed E-state index contributed by atoms with van der Waals surface area (Å²) in [6, 6.07) is 5.34. The molecule has 0 atom stereocenters. The predicted octanol–water partition coefficient (Wildman–Crippen LogP) is 1.42. The van der Waals surface area contributed by atoms with Gasteiger partial charge >= 0.3 is 35.5 Å². The first-order valence-corrected chi connectivity index (χ1v) is 3.98. The molecule has 0 saturated carbocycles. The first kappa shape index (κ1) is 13.0. The number of thiol groups is 1. The van der Waals surface area contributed by atoms with Crippen molar-refractivity contribution in [3.63, 3.8) is 0 Å². The molecule has 0 aliphatic rings. The Balaban J connectivity index is 0.00000144. The summed E-state index contributed by atoms with van der Waals surface area (Å²) in [5, 5.41) is 0. The SMILES string of the molecule is COC(=O)c1cccc(S)c1C.[NaH]. The average Bonchev–Trinajstić information content (AvgIpc) is 2.08. The summed E-state index contributed by atoms with van der Waals surface area (Å²) in [5.74, 6) is -0.316. The summed E-state index contributed by atoms with van der Waals surface area (Å²) in [5.41, 5.74) is 1.43. The van der Waals surface area contributed by atoms with E-state index >= 15 is 0 Å². The van der Waals surface area contributed by atoms with Gasteiger partial charge in [0.15, 0.2) is 0 Å². The van der Waals surface area contributed by atoms with Crippen molar-refractivity contribution in [3.8, 4) is 0 Å². The fourth-order valence-electron chi connectivity index (χ4n) is 0.955. The predicted molar refractivity (Wildman–Crippen MR) is 56.9 cm³/mol. The third kappa shape index (κ3) is 3.02. The Morgan fingerprint density at radius 1 is 1.46 bits per heavy atom. The molecule has 0 heterocycles. The van der Waals surface area contributed by atoms with Crippen molar-refractivity contribution in [1.29, 1.82) is 0 Å². The van der Waals surface area contributed by atoms with Crippen LogP contribution in [0.4, 0.5) is 0 Å². The summed E-state index contributed by atoms with van der Waals surface area (Å²) >= 11 is 4.19. The van der Waals surface area contributed by atoms with Crippen molar-refractivity contribution < 1.29 is 9.53 Å². The Morgan fingerprint density at radius 2 is 2.08 bits per heavy atom. The molecule has 0 fully saturated rings. The Labute approximate surface area is 105 Å². The van der Waals surface area contributed by atoms with Gasteiger partial charge in [0.05, 0.1) is 12.7 Å². The van der Waals surface area contributed by atoms with Crippen molar-refractivity contribution in [3.05, 3.63) is 29.3 Å². The van der Waals surface area contributed by atoms with E-state index < -0.39 is 0 Å². The summed E-state index contributed by atoms with van der Waals surface area (Å²) in [6.07, 6.45) is 0. The van der Waals surface area contributed by atoms with Crippen molar-refractivity contribution in [2.75, 3.05) is 7.11 Å². The molecule has 1 aromatic rings. The minimum atomic E-state index is -0.316. The van der Waals surface area contributed by atoms with Crippen LogP contribution in [0.3, 0.4) is 0 Å². The van der Waals surface area contributed by atoms with E-state index in [1.807, 2.05) is 13.0 Å². The second-order valence-electron chi connectivity index (χ2n) is 2.44. The maximum atomic E-state index is 11.1. The molecule has 0 saturated heterocycles. The van der Waals surface area contributed by atoms with E-state index in [0.717, 1.165) is 10.5 Å². The molecular formula is C9H11NaO2S. The van der Waals surface area contributed by atoms with Crippen LogP contribution in [0.25, 0.3) is 0 Å². The number of benzene rings is 1. The summed E-state index contributed by atoms with van der Waals surface area (Å²) in [7, 11) is 1.37. The van der Waals surface area contributed by atoms with Gasteiger partial charge in [0.2, 0.25) is 0 Å². The molecule has 0 spiro atoms. The number of rotatable bonds is 1. The van der Waals surface area contributed by atoms with E-state index in [1.165, 1.54) is 7.11 Å². The van der Waals surface area contributed by atoms with Crippen LogP contribution < -0.4 is 0 Å². The molecule has 0 bridgehead atoms. The summed E-state index contributed by atoms with van der Waals surface area (Å²) < 4.78 is 4.60. The van der Waals surface area contributed by atoms with Gasteiger partial charge in [0.25, 0.3) is 0 Å². The average molecular weight is 206 g/mol. The third-order valence-corrected chi connectivity index (χ3v) is 2.19. The van der Waals surface area contributed by atoms with Crippen LogP contribution in [0, 0.1) is 6.92 Å².